The molecule has 0 aliphatic heterocycles. The van der Waals surface area contributed by atoms with E-state index in [1.165, 1.54) is 12.8 Å². The van der Waals surface area contributed by atoms with Crippen LogP contribution < -0.4 is 10.0 Å². The van der Waals surface area contributed by atoms with Gasteiger partial charge in [0.25, 0.3) is 0 Å². The summed E-state index contributed by atoms with van der Waals surface area (Å²) < 4.78 is 26.8. The zero-order chi connectivity index (χ0) is 17.3. The zero-order valence-electron chi connectivity index (χ0n) is 14.0. The van der Waals surface area contributed by atoms with E-state index in [1.54, 1.807) is 12.3 Å². The third kappa shape index (κ3) is 6.58. The van der Waals surface area contributed by atoms with Gasteiger partial charge in [0.2, 0.25) is 10.0 Å². The molecule has 0 aliphatic carbocycles. The van der Waals surface area contributed by atoms with Gasteiger partial charge in [0.05, 0.1) is 17.6 Å². The van der Waals surface area contributed by atoms with Gasteiger partial charge in [-0.3, -0.25) is 4.72 Å². The molecular formula is C18H25N3O2S. The molecule has 5 nitrogen and oxygen atoms in total. The number of aromatic nitrogens is 1. The Hall–Kier alpha value is -2.08. The van der Waals surface area contributed by atoms with Gasteiger partial charge in [0.1, 0.15) is 5.82 Å². The highest BCUT2D eigenvalue weighted by Gasteiger charge is 2.11. The van der Waals surface area contributed by atoms with Gasteiger partial charge in [-0.05, 0) is 30.5 Å². The van der Waals surface area contributed by atoms with Crippen molar-refractivity contribution < 1.29 is 8.42 Å². The van der Waals surface area contributed by atoms with Crippen LogP contribution in [-0.2, 0) is 16.4 Å². The maximum absolute atomic E-state index is 12.1. The number of aryl methyl sites for hydroxylation is 1. The fourth-order valence-electron chi connectivity index (χ4n) is 2.27. The number of hydrogen-bond acceptors (Lipinski definition) is 4. The van der Waals surface area contributed by atoms with Crippen LogP contribution >= 0.6 is 0 Å². The first-order valence-corrected chi connectivity index (χ1v) is 9.98. The van der Waals surface area contributed by atoms with Crippen LogP contribution in [0.4, 0.5) is 11.5 Å². The van der Waals surface area contributed by atoms with Gasteiger partial charge >= 0.3 is 0 Å². The predicted octanol–water partition coefficient (Wildman–Crippen LogP) is 3.67. The van der Waals surface area contributed by atoms with Crippen molar-refractivity contribution in [2.75, 3.05) is 22.3 Å². The van der Waals surface area contributed by atoms with Gasteiger partial charge in [-0.1, -0.05) is 50.1 Å². The van der Waals surface area contributed by atoms with E-state index in [4.69, 9.17) is 0 Å². The second-order valence-electron chi connectivity index (χ2n) is 5.72. The summed E-state index contributed by atoms with van der Waals surface area (Å²) >= 11 is 0. The van der Waals surface area contributed by atoms with Crippen molar-refractivity contribution in [2.45, 2.75) is 32.6 Å². The quantitative estimate of drug-likeness (QED) is 0.643. The standard InChI is InChI=1S/C18H25N3O2S/c1-2-3-7-13-19-17-10-11-18(20-15-17)21-24(22,23)14-12-16-8-5-4-6-9-16/h4-6,8-11,15,19H,2-3,7,12-14H2,1H3,(H,20,21). The lowest BCUT2D eigenvalue weighted by Crippen LogP contribution is -2.19. The summed E-state index contributed by atoms with van der Waals surface area (Å²) in [7, 11) is -3.40. The van der Waals surface area contributed by atoms with Gasteiger partial charge in [-0.2, -0.15) is 0 Å². The van der Waals surface area contributed by atoms with E-state index in [2.05, 4.69) is 21.9 Å². The topological polar surface area (TPSA) is 71.1 Å². The molecule has 2 N–H and O–H groups in total. The molecular weight excluding hydrogens is 322 g/mol. The lowest BCUT2D eigenvalue weighted by atomic mass is 10.2. The smallest absolute Gasteiger partial charge is 0.234 e. The van der Waals surface area contributed by atoms with Crippen LogP contribution in [0.1, 0.15) is 31.7 Å². The Bertz CT molecular complexity index is 701. The van der Waals surface area contributed by atoms with E-state index >= 15 is 0 Å². The average Bonchev–Trinajstić information content (AvgIpc) is 2.59. The molecule has 0 bridgehead atoms. The molecule has 1 aromatic carbocycles. The molecule has 1 aromatic heterocycles. The van der Waals surface area contributed by atoms with Gasteiger partial charge in [-0.15, -0.1) is 0 Å². The molecule has 0 amide bonds. The Balaban J connectivity index is 1.83. The van der Waals surface area contributed by atoms with Crippen LogP contribution in [0.25, 0.3) is 0 Å². The first-order valence-electron chi connectivity index (χ1n) is 8.33. The fourth-order valence-corrected chi connectivity index (χ4v) is 3.32. The van der Waals surface area contributed by atoms with E-state index in [9.17, 15) is 8.42 Å². The Kier molecular flexibility index (Phi) is 7.06. The van der Waals surface area contributed by atoms with Crippen LogP contribution in [-0.4, -0.2) is 25.7 Å². The van der Waals surface area contributed by atoms with Crippen LogP contribution in [0.2, 0.25) is 0 Å². The number of unbranched alkanes of at least 4 members (excludes halogenated alkanes) is 2. The molecule has 0 unspecified atom stereocenters. The summed E-state index contributed by atoms with van der Waals surface area (Å²) in [6.07, 6.45) is 5.63. The summed E-state index contributed by atoms with van der Waals surface area (Å²) in [6, 6.07) is 13.1. The third-order valence-corrected chi connectivity index (χ3v) is 4.90. The summed E-state index contributed by atoms with van der Waals surface area (Å²) in [5, 5.41) is 3.28. The molecule has 0 saturated heterocycles. The van der Waals surface area contributed by atoms with E-state index in [0.29, 0.717) is 12.2 Å². The van der Waals surface area contributed by atoms with Crippen LogP contribution in [0.3, 0.4) is 0 Å². The molecule has 0 radical (unpaired) electrons. The largest absolute Gasteiger partial charge is 0.384 e. The minimum Gasteiger partial charge on any atom is -0.384 e. The summed E-state index contributed by atoms with van der Waals surface area (Å²) in [4.78, 5) is 4.16. The van der Waals surface area contributed by atoms with Gasteiger partial charge < -0.3 is 5.32 Å². The minimum atomic E-state index is -3.40. The molecule has 130 valence electrons. The maximum atomic E-state index is 12.1. The normalized spacial score (nSPS) is 11.2. The van der Waals surface area contributed by atoms with Crippen molar-refractivity contribution in [3.63, 3.8) is 0 Å². The maximum Gasteiger partial charge on any atom is 0.234 e. The molecule has 0 spiro atoms. The second kappa shape index (κ2) is 9.27. The van der Waals surface area contributed by atoms with E-state index in [0.717, 1.165) is 24.2 Å². The van der Waals surface area contributed by atoms with Crippen molar-refractivity contribution in [1.82, 2.24) is 4.98 Å². The van der Waals surface area contributed by atoms with Gasteiger partial charge in [-0.25, -0.2) is 13.4 Å². The molecule has 1 heterocycles. The molecule has 24 heavy (non-hydrogen) atoms. The van der Waals surface area contributed by atoms with E-state index in [-0.39, 0.29) is 5.75 Å². The first-order chi connectivity index (χ1) is 11.6. The Labute approximate surface area is 144 Å². The highest BCUT2D eigenvalue weighted by Crippen LogP contribution is 2.12. The average molecular weight is 347 g/mol. The van der Waals surface area contributed by atoms with Crippen LogP contribution in [0.15, 0.2) is 48.7 Å². The number of nitrogens with one attached hydrogen (secondary N) is 2. The molecule has 0 atom stereocenters. The highest BCUT2D eigenvalue weighted by molar-refractivity contribution is 7.92. The van der Waals surface area contributed by atoms with Crippen molar-refractivity contribution >= 4 is 21.5 Å². The SMILES string of the molecule is CCCCCNc1ccc(NS(=O)(=O)CCc2ccccc2)nc1. The molecule has 2 rings (SSSR count). The van der Waals surface area contributed by atoms with E-state index < -0.39 is 10.0 Å². The molecule has 0 aliphatic rings. The summed E-state index contributed by atoms with van der Waals surface area (Å²) in [5.74, 6) is 0.387. The molecule has 0 saturated carbocycles. The number of rotatable bonds is 10. The highest BCUT2D eigenvalue weighted by atomic mass is 32.2. The fraction of sp³-hybridized carbons (Fsp3) is 0.389. The van der Waals surface area contributed by atoms with Crippen molar-refractivity contribution in [1.29, 1.82) is 0 Å². The minimum absolute atomic E-state index is 0.0374. The molecule has 6 heteroatoms. The number of nitrogens with zero attached hydrogens (tertiary/aromatic N) is 1. The Morgan fingerprint density at radius 2 is 1.83 bits per heavy atom. The third-order valence-electron chi connectivity index (χ3n) is 3.64. The number of anilines is 2. The second-order valence-corrected chi connectivity index (χ2v) is 7.56. The predicted molar refractivity (Wildman–Crippen MR) is 99.8 cm³/mol. The van der Waals surface area contributed by atoms with Gasteiger partial charge in [0, 0.05) is 6.54 Å². The molecule has 2 aromatic rings. The first kappa shape index (κ1) is 18.3. The lowest BCUT2D eigenvalue weighted by Gasteiger charge is -2.09. The molecule has 0 fully saturated rings. The number of pyridine rings is 1. The monoisotopic (exact) mass is 347 g/mol. The number of benzene rings is 1. The Morgan fingerprint density at radius 3 is 2.50 bits per heavy atom. The van der Waals surface area contributed by atoms with E-state index in [1.807, 2.05) is 36.4 Å². The Morgan fingerprint density at radius 1 is 1.04 bits per heavy atom. The van der Waals surface area contributed by atoms with Crippen molar-refractivity contribution in [2.24, 2.45) is 0 Å². The van der Waals surface area contributed by atoms with Crippen molar-refractivity contribution in [3.8, 4) is 0 Å². The summed E-state index contributed by atoms with van der Waals surface area (Å²) in [5.41, 5.74) is 1.90. The van der Waals surface area contributed by atoms with Crippen molar-refractivity contribution in [3.05, 3.63) is 54.2 Å². The zero-order valence-corrected chi connectivity index (χ0v) is 14.8. The lowest BCUT2D eigenvalue weighted by molar-refractivity contribution is 0.600. The number of hydrogen-bond donors (Lipinski definition) is 2. The van der Waals surface area contributed by atoms with Gasteiger partial charge in [0.15, 0.2) is 0 Å². The van der Waals surface area contributed by atoms with Crippen LogP contribution in [0.5, 0.6) is 0 Å². The summed E-state index contributed by atoms with van der Waals surface area (Å²) in [6.45, 7) is 3.07. The number of sulfonamides is 1. The van der Waals surface area contributed by atoms with Crippen LogP contribution in [0, 0.1) is 0 Å².